The largest absolute Gasteiger partial charge is 0.297 e. The lowest BCUT2D eigenvalue weighted by molar-refractivity contribution is -0.131. The number of hydrogen-bond donors (Lipinski definition) is 0. The van der Waals surface area contributed by atoms with Crippen molar-refractivity contribution in [3.63, 3.8) is 0 Å². The van der Waals surface area contributed by atoms with Crippen LogP contribution >= 0.6 is 0 Å². The predicted octanol–water partition coefficient (Wildman–Crippen LogP) is 6.65. The number of rotatable bonds is 3. The predicted molar refractivity (Wildman–Crippen MR) is 124 cm³/mol. The smallest absolute Gasteiger partial charge is 0.157 e. The second kappa shape index (κ2) is 7.67. The molecule has 0 aliphatic heterocycles. The Balaban J connectivity index is 1.20. The molecule has 0 bridgehead atoms. The second-order valence-corrected chi connectivity index (χ2v) is 12.0. The van der Waals surface area contributed by atoms with Crippen LogP contribution in [0.15, 0.2) is 24.4 Å². The zero-order valence-corrected chi connectivity index (χ0v) is 19.6. The van der Waals surface area contributed by atoms with Crippen LogP contribution in [0.3, 0.4) is 0 Å². The average Bonchev–Trinajstić information content (AvgIpc) is 3.33. The van der Waals surface area contributed by atoms with Gasteiger partial charge in [-0.25, -0.2) is 4.39 Å². The average molecular weight is 437 g/mol. The van der Waals surface area contributed by atoms with E-state index in [9.17, 15) is 9.18 Å². The highest BCUT2D eigenvalue weighted by atomic mass is 19.1. The van der Waals surface area contributed by atoms with E-state index in [-0.39, 0.29) is 17.2 Å². The molecule has 4 saturated carbocycles. The molecule has 1 heterocycles. The van der Waals surface area contributed by atoms with Crippen LogP contribution < -0.4 is 0 Å². The summed E-state index contributed by atoms with van der Waals surface area (Å²) in [5.41, 5.74) is 1.01. The number of aromatic nitrogens is 2. The third-order valence-corrected chi connectivity index (χ3v) is 10.5. The monoisotopic (exact) mass is 436 g/mol. The number of carbonyl (C=O) groups excluding carboxylic acids is 1. The molecule has 8 atom stereocenters. The van der Waals surface area contributed by atoms with Gasteiger partial charge in [-0.05, 0) is 110 Å². The van der Waals surface area contributed by atoms with Crippen LogP contribution in [0.4, 0.5) is 4.39 Å². The molecule has 1 aromatic carbocycles. The van der Waals surface area contributed by atoms with Crippen LogP contribution in [0.25, 0.3) is 10.9 Å². The summed E-state index contributed by atoms with van der Waals surface area (Å²) in [6.45, 7) is 5.21. The molecule has 1 aromatic heterocycles. The zero-order chi connectivity index (χ0) is 22.0. The maximum absolute atomic E-state index is 13.6. The number of hydrogen-bond acceptors (Lipinski definition) is 2. The van der Waals surface area contributed by atoms with E-state index >= 15 is 0 Å². The molecule has 0 radical (unpaired) electrons. The van der Waals surface area contributed by atoms with Crippen LogP contribution in [0, 0.1) is 52.7 Å². The molecule has 2 aromatic rings. The number of Topliss-reactive ketones (excluding diaryl/α,β-unsaturated/α-hetero) is 1. The van der Waals surface area contributed by atoms with Crippen molar-refractivity contribution in [1.29, 1.82) is 0 Å². The summed E-state index contributed by atoms with van der Waals surface area (Å²) < 4.78 is 15.3. The maximum Gasteiger partial charge on any atom is 0.157 e. The van der Waals surface area contributed by atoms with Crippen LogP contribution in [0.1, 0.15) is 71.6 Å². The molecule has 0 saturated heterocycles. The molecule has 0 N–H and O–H groups in total. The van der Waals surface area contributed by atoms with Gasteiger partial charge in [-0.1, -0.05) is 20.3 Å². The molecule has 4 aliphatic rings. The van der Waals surface area contributed by atoms with E-state index < -0.39 is 0 Å². The zero-order valence-electron chi connectivity index (χ0n) is 19.6. The van der Waals surface area contributed by atoms with Gasteiger partial charge in [0.25, 0.3) is 0 Å². The lowest BCUT2D eigenvalue weighted by Gasteiger charge is -2.56. The Hall–Kier alpha value is -1.71. The molecule has 4 aliphatic carbocycles. The minimum Gasteiger partial charge on any atom is -0.297 e. The van der Waals surface area contributed by atoms with Crippen molar-refractivity contribution in [2.75, 3.05) is 0 Å². The van der Waals surface area contributed by atoms with E-state index in [1.165, 1.54) is 63.5 Å². The van der Waals surface area contributed by atoms with Gasteiger partial charge < -0.3 is 0 Å². The summed E-state index contributed by atoms with van der Waals surface area (Å²) >= 11 is 0. The van der Waals surface area contributed by atoms with Crippen molar-refractivity contribution in [1.82, 2.24) is 9.78 Å². The molecule has 172 valence electrons. The van der Waals surface area contributed by atoms with E-state index in [1.54, 1.807) is 16.9 Å². The van der Waals surface area contributed by atoms with Gasteiger partial charge >= 0.3 is 0 Å². The molecule has 32 heavy (non-hydrogen) atoms. The van der Waals surface area contributed by atoms with Gasteiger partial charge in [0.1, 0.15) is 12.4 Å². The Morgan fingerprint density at radius 1 is 1.09 bits per heavy atom. The van der Waals surface area contributed by atoms with Crippen molar-refractivity contribution in [2.45, 2.75) is 78.2 Å². The number of nitrogens with zero attached hydrogens (tertiary/aromatic N) is 2. The van der Waals surface area contributed by atoms with Gasteiger partial charge in [-0.3, -0.25) is 9.48 Å². The molecular weight excluding hydrogens is 399 g/mol. The van der Waals surface area contributed by atoms with E-state index in [0.29, 0.717) is 12.3 Å². The normalized spacial score (nSPS) is 41.2. The highest BCUT2D eigenvalue weighted by Crippen LogP contribution is 2.64. The Labute approximate surface area is 191 Å². The summed E-state index contributed by atoms with van der Waals surface area (Å²) in [4.78, 5) is 13.6. The molecule has 3 unspecified atom stereocenters. The van der Waals surface area contributed by atoms with E-state index in [4.69, 9.17) is 0 Å². The summed E-state index contributed by atoms with van der Waals surface area (Å²) in [7, 11) is 0. The van der Waals surface area contributed by atoms with Gasteiger partial charge in [-0.2, -0.15) is 5.10 Å². The molecular formula is C28H37FN2O. The van der Waals surface area contributed by atoms with Crippen LogP contribution in [0.2, 0.25) is 0 Å². The quantitative estimate of drug-likeness (QED) is 0.540. The van der Waals surface area contributed by atoms with Crippen LogP contribution in [-0.4, -0.2) is 15.6 Å². The van der Waals surface area contributed by atoms with Crippen LogP contribution in [-0.2, 0) is 11.3 Å². The van der Waals surface area contributed by atoms with Gasteiger partial charge in [0.2, 0.25) is 0 Å². The SMILES string of the molecule is C[C@H]1CC[C@@H]2C3CC[C@]4(C)C(C(=O)Cn5ncc6cc(F)ccc65)CCC4[C@@H]3CC[C@@H]2C1. The minimum absolute atomic E-state index is 0.150. The topological polar surface area (TPSA) is 34.9 Å². The standard InChI is InChI=1S/C28H37FN2O/c1-17-3-6-21-18(13-17)4-7-23-22(21)11-12-28(2)24(23)8-9-25(28)27(32)16-31-26-10-5-20(29)14-19(26)15-30-31/h5,10,14-15,17-18,21-25H,3-4,6-9,11-13,16H2,1-2H3/t17-,18+,21-,22?,23+,24?,25?,28-/m0/s1. The lowest BCUT2D eigenvalue weighted by Crippen LogP contribution is -2.49. The lowest BCUT2D eigenvalue weighted by atomic mass is 9.49. The molecule has 4 heteroatoms. The molecule has 3 nitrogen and oxygen atoms in total. The second-order valence-electron chi connectivity index (χ2n) is 12.0. The Kier molecular flexibility index (Phi) is 5.00. The molecule has 0 amide bonds. The number of fused-ring (bicyclic) bond motifs is 6. The number of benzene rings is 1. The highest BCUT2D eigenvalue weighted by molar-refractivity contribution is 5.85. The molecule has 0 spiro atoms. The molecule has 4 fully saturated rings. The van der Waals surface area contributed by atoms with E-state index in [0.717, 1.165) is 52.8 Å². The summed E-state index contributed by atoms with van der Waals surface area (Å²) in [5, 5.41) is 5.19. The third kappa shape index (κ3) is 3.19. The van der Waals surface area contributed by atoms with Crippen LogP contribution in [0.5, 0.6) is 0 Å². The van der Waals surface area contributed by atoms with Crippen molar-refractivity contribution in [2.24, 2.45) is 46.8 Å². The maximum atomic E-state index is 13.6. The first-order chi connectivity index (χ1) is 15.4. The first kappa shape index (κ1) is 20.9. The fraction of sp³-hybridized carbons (Fsp3) is 0.714. The first-order valence-electron chi connectivity index (χ1n) is 13.1. The highest BCUT2D eigenvalue weighted by Gasteiger charge is 2.58. The van der Waals surface area contributed by atoms with E-state index in [1.807, 2.05) is 0 Å². The van der Waals surface area contributed by atoms with Crippen molar-refractivity contribution < 1.29 is 9.18 Å². The number of carbonyl (C=O) groups is 1. The fourth-order valence-corrected chi connectivity index (χ4v) is 9.06. The van der Waals surface area contributed by atoms with Crippen molar-refractivity contribution >= 4 is 16.7 Å². The van der Waals surface area contributed by atoms with Crippen molar-refractivity contribution in [3.8, 4) is 0 Å². The summed E-state index contributed by atoms with van der Waals surface area (Å²) in [6, 6.07) is 4.71. The van der Waals surface area contributed by atoms with Gasteiger partial charge in [0, 0.05) is 11.3 Å². The van der Waals surface area contributed by atoms with Gasteiger partial charge in [0.05, 0.1) is 11.7 Å². The summed E-state index contributed by atoms with van der Waals surface area (Å²) in [5.74, 6) is 5.56. The van der Waals surface area contributed by atoms with Gasteiger partial charge in [0.15, 0.2) is 5.78 Å². The summed E-state index contributed by atoms with van der Waals surface area (Å²) in [6.07, 6.45) is 13.7. The minimum atomic E-state index is -0.256. The third-order valence-electron chi connectivity index (χ3n) is 10.5. The van der Waals surface area contributed by atoms with Gasteiger partial charge in [-0.15, -0.1) is 0 Å². The number of ketones is 1. The Morgan fingerprint density at radius 2 is 1.94 bits per heavy atom. The Morgan fingerprint density at radius 3 is 2.81 bits per heavy atom. The first-order valence-corrected chi connectivity index (χ1v) is 13.1. The van der Waals surface area contributed by atoms with E-state index in [2.05, 4.69) is 18.9 Å². The Bertz CT molecular complexity index is 1030. The molecule has 6 rings (SSSR count). The number of halogens is 1. The van der Waals surface area contributed by atoms with Crippen molar-refractivity contribution in [3.05, 3.63) is 30.2 Å². The fourth-order valence-electron chi connectivity index (χ4n) is 9.06.